The number of nitrogens with zero attached hydrogens (tertiary/aromatic N) is 5. The second kappa shape index (κ2) is 19.3. The number of halogens is 1. The van der Waals surface area contributed by atoms with Gasteiger partial charge in [0.05, 0.1) is 23.3 Å². The van der Waals surface area contributed by atoms with E-state index in [4.69, 9.17) is 0 Å². The van der Waals surface area contributed by atoms with Crippen molar-refractivity contribution in [2.45, 2.75) is 76.5 Å². The van der Waals surface area contributed by atoms with Gasteiger partial charge >= 0.3 is 0 Å². The Labute approximate surface area is 360 Å². The van der Waals surface area contributed by atoms with Crippen LogP contribution in [0.5, 0.6) is 0 Å². The lowest BCUT2D eigenvalue weighted by Crippen LogP contribution is -2.33. The van der Waals surface area contributed by atoms with Crippen LogP contribution in [-0.4, -0.2) is 36.6 Å². The molecule has 7 aromatic rings. The third-order valence-electron chi connectivity index (χ3n) is 10.8. The summed E-state index contributed by atoms with van der Waals surface area (Å²) in [5.74, 6) is 0.475. The fraction of sp³-hybridized carbons (Fsp3) is 0.255. The lowest BCUT2D eigenvalue weighted by atomic mass is 9.94. The van der Waals surface area contributed by atoms with Crippen molar-refractivity contribution in [2.75, 3.05) is 0 Å². The molecule has 2 amide bonds. The smallest absolute Gasteiger partial charge is 0.223 e. The fourth-order valence-corrected chi connectivity index (χ4v) is 10.4. The molecule has 2 saturated heterocycles. The molecule has 0 saturated carbocycles. The van der Waals surface area contributed by atoms with Crippen LogP contribution in [0.1, 0.15) is 85.7 Å². The summed E-state index contributed by atoms with van der Waals surface area (Å²) in [4.78, 5) is 43.7. The molecular formula is C47H44BrN5O2S3. The Morgan fingerprint density at radius 3 is 1.71 bits per heavy atom. The van der Waals surface area contributed by atoms with Crippen molar-refractivity contribution in [3.05, 3.63) is 158 Å². The molecule has 0 N–H and O–H groups in total. The summed E-state index contributed by atoms with van der Waals surface area (Å²) in [6.45, 7) is 1.23. The van der Waals surface area contributed by atoms with E-state index in [1.165, 1.54) is 11.1 Å². The van der Waals surface area contributed by atoms with E-state index < -0.39 is 0 Å². The third-order valence-corrected chi connectivity index (χ3v) is 13.8. The molecule has 11 heteroatoms. The van der Waals surface area contributed by atoms with Gasteiger partial charge in [0.25, 0.3) is 0 Å². The van der Waals surface area contributed by atoms with Crippen molar-refractivity contribution >= 4 is 61.8 Å². The van der Waals surface area contributed by atoms with Crippen LogP contribution in [0.2, 0.25) is 0 Å². The maximum absolute atomic E-state index is 13.2. The van der Waals surface area contributed by atoms with Gasteiger partial charge in [-0.15, -0.1) is 34.0 Å². The predicted molar refractivity (Wildman–Crippen MR) is 240 cm³/mol. The number of amides is 2. The first-order valence-corrected chi connectivity index (χ1v) is 23.3. The highest BCUT2D eigenvalue weighted by Crippen LogP contribution is 2.39. The van der Waals surface area contributed by atoms with E-state index in [0.717, 1.165) is 86.5 Å². The summed E-state index contributed by atoms with van der Waals surface area (Å²) in [6, 6.07) is 33.7. The number of aromatic nitrogens is 3. The van der Waals surface area contributed by atoms with Crippen LogP contribution < -0.4 is 0 Å². The highest BCUT2D eigenvalue weighted by molar-refractivity contribution is 9.10. The van der Waals surface area contributed by atoms with E-state index in [0.29, 0.717) is 25.9 Å². The number of likely N-dealkylation sites (tertiary alicyclic amines) is 2. The van der Waals surface area contributed by atoms with E-state index >= 15 is 0 Å². The number of carbonyl (C=O) groups is 2. The van der Waals surface area contributed by atoms with Crippen LogP contribution in [0.3, 0.4) is 0 Å². The number of hydrogen-bond acceptors (Lipinski definition) is 8. The van der Waals surface area contributed by atoms with Crippen LogP contribution in [0.15, 0.2) is 136 Å². The van der Waals surface area contributed by atoms with E-state index in [2.05, 4.69) is 137 Å². The number of hydrogen-bond donors (Lipinski definition) is 0. The normalized spacial score (nSPS) is 17.3. The fourth-order valence-electron chi connectivity index (χ4n) is 8.06. The van der Waals surface area contributed by atoms with Gasteiger partial charge in [-0.3, -0.25) is 9.59 Å². The van der Waals surface area contributed by atoms with Crippen LogP contribution in [0.25, 0.3) is 32.4 Å². The molecule has 2 fully saturated rings. The quantitative estimate of drug-likeness (QED) is 0.144. The van der Waals surface area contributed by atoms with Gasteiger partial charge in [0, 0.05) is 75.6 Å². The summed E-state index contributed by atoms with van der Waals surface area (Å²) in [7, 11) is 0. The van der Waals surface area contributed by atoms with E-state index in [-0.39, 0.29) is 23.9 Å². The van der Waals surface area contributed by atoms with Crippen molar-refractivity contribution in [1.82, 2.24) is 24.8 Å². The lowest BCUT2D eigenvalue weighted by molar-refractivity contribution is -0.134. The van der Waals surface area contributed by atoms with Gasteiger partial charge in [0.2, 0.25) is 11.8 Å². The van der Waals surface area contributed by atoms with Gasteiger partial charge < -0.3 is 9.80 Å². The molecule has 2 aliphatic rings. The standard InChI is InChI=1S/C25H23N3OS2.C22H21BrN2OS/c29-24-11-4-3-10-23(21-9-2-1-8-20(21)22-16-30-17-27-22)28(24)15-18-6-5-7-19(14-18)25-26-12-13-31-25;23-19-9-2-1-8-18(19)20-10-3-4-11-21(26)25(20)15-16-6-5-7-17(14-16)22-24-12-13-27-22/h1-2,5-9,12-14,16-17,23H,3-4,10-11,15H2;1-2,5-9,12-14,20H,3-4,10-11,15H2. The summed E-state index contributed by atoms with van der Waals surface area (Å²) < 4.78 is 1.08. The van der Waals surface area contributed by atoms with Crippen LogP contribution >= 0.6 is 49.9 Å². The molecule has 4 aromatic carbocycles. The second-order valence-electron chi connectivity index (χ2n) is 14.6. The minimum absolute atomic E-state index is 0.0522. The third kappa shape index (κ3) is 9.55. The highest BCUT2D eigenvalue weighted by atomic mass is 79.9. The maximum atomic E-state index is 13.2. The number of carbonyl (C=O) groups excluding carboxylic acids is 2. The van der Waals surface area contributed by atoms with Gasteiger partial charge in [0.15, 0.2) is 0 Å². The molecule has 3 aromatic heterocycles. The van der Waals surface area contributed by atoms with Gasteiger partial charge in [0.1, 0.15) is 10.0 Å². The molecule has 0 spiro atoms. The Morgan fingerprint density at radius 1 is 0.621 bits per heavy atom. The van der Waals surface area contributed by atoms with Crippen molar-refractivity contribution in [3.63, 3.8) is 0 Å². The molecule has 0 radical (unpaired) electrons. The zero-order valence-corrected chi connectivity index (χ0v) is 36.1. The molecule has 58 heavy (non-hydrogen) atoms. The van der Waals surface area contributed by atoms with E-state index in [1.54, 1.807) is 34.0 Å². The molecule has 294 valence electrons. The summed E-state index contributed by atoms with van der Waals surface area (Å²) in [5, 5.41) is 8.09. The predicted octanol–water partition coefficient (Wildman–Crippen LogP) is 12.8. The molecule has 9 rings (SSSR count). The highest BCUT2D eigenvalue weighted by Gasteiger charge is 2.31. The van der Waals surface area contributed by atoms with Gasteiger partial charge in [-0.05, 0) is 66.1 Å². The van der Waals surface area contributed by atoms with Gasteiger partial charge in [-0.1, -0.05) is 108 Å². The second-order valence-corrected chi connectivity index (χ2v) is 18.0. The van der Waals surface area contributed by atoms with Crippen molar-refractivity contribution < 1.29 is 9.59 Å². The van der Waals surface area contributed by atoms with Crippen LogP contribution in [0, 0.1) is 0 Å². The first kappa shape index (κ1) is 40.0. The Balaban J connectivity index is 0.000000164. The zero-order chi connectivity index (χ0) is 39.7. The minimum Gasteiger partial charge on any atom is -0.331 e. The SMILES string of the molecule is O=C1CCCCC(c2ccccc2-c2cscn2)N1Cc1cccc(-c2nccs2)c1.O=C1CCCCC(c2ccccc2Br)N1Cc1cccc(-c2nccs2)c1. The van der Waals surface area contributed by atoms with Crippen LogP contribution in [0.4, 0.5) is 0 Å². The Kier molecular flexibility index (Phi) is 13.3. The average molecular weight is 887 g/mol. The molecule has 7 nitrogen and oxygen atoms in total. The summed E-state index contributed by atoms with van der Waals surface area (Å²) in [6.07, 6.45) is 10.9. The van der Waals surface area contributed by atoms with Crippen molar-refractivity contribution in [1.29, 1.82) is 0 Å². The zero-order valence-electron chi connectivity index (χ0n) is 32.1. The first-order valence-electron chi connectivity index (χ1n) is 19.8. The molecule has 5 heterocycles. The van der Waals surface area contributed by atoms with Gasteiger partial charge in [-0.25, -0.2) is 15.0 Å². The monoisotopic (exact) mass is 885 g/mol. The Bertz CT molecular complexity index is 2420. The molecule has 2 atom stereocenters. The summed E-state index contributed by atoms with van der Waals surface area (Å²) >= 11 is 8.56. The number of thiazole rings is 3. The molecular weight excluding hydrogens is 843 g/mol. The first-order chi connectivity index (χ1) is 28.5. The topological polar surface area (TPSA) is 79.3 Å². The van der Waals surface area contributed by atoms with Crippen molar-refractivity contribution in [3.8, 4) is 32.4 Å². The summed E-state index contributed by atoms with van der Waals surface area (Å²) in [5.41, 5.74) is 10.9. The largest absolute Gasteiger partial charge is 0.331 e. The molecule has 2 unspecified atom stereocenters. The lowest BCUT2D eigenvalue weighted by Gasteiger charge is -2.32. The molecule has 2 aliphatic heterocycles. The van der Waals surface area contributed by atoms with Gasteiger partial charge in [-0.2, -0.15) is 0 Å². The number of rotatable bonds is 9. The van der Waals surface area contributed by atoms with Crippen molar-refractivity contribution in [2.24, 2.45) is 0 Å². The van der Waals surface area contributed by atoms with E-state index in [1.807, 2.05) is 34.7 Å². The van der Waals surface area contributed by atoms with Crippen LogP contribution in [-0.2, 0) is 22.7 Å². The molecule has 0 aliphatic carbocycles. The Hall–Kier alpha value is -4.81. The van der Waals surface area contributed by atoms with E-state index in [9.17, 15) is 9.59 Å². The molecule has 0 bridgehead atoms. The maximum Gasteiger partial charge on any atom is 0.223 e. The Morgan fingerprint density at radius 2 is 1.17 bits per heavy atom. The number of benzene rings is 4. The average Bonchev–Trinajstić information content (AvgIpc) is 4.07. The minimum atomic E-state index is 0.0522.